The number of pyridine rings is 1. The Hall–Kier alpha value is -1.29. The van der Waals surface area contributed by atoms with Crippen LogP contribution in [0.5, 0.6) is 0 Å². The Morgan fingerprint density at radius 1 is 1.60 bits per heavy atom. The van der Waals surface area contributed by atoms with Crippen molar-refractivity contribution in [3.63, 3.8) is 0 Å². The van der Waals surface area contributed by atoms with E-state index in [1.165, 1.54) is 0 Å². The highest BCUT2D eigenvalue weighted by molar-refractivity contribution is 5.47. The minimum Gasteiger partial charge on any atom is -0.391 e. The second-order valence-electron chi connectivity index (χ2n) is 3.80. The Kier molecular flexibility index (Phi) is 3.06. The fraction of sp³-hybridized carbons (Fsp3) is 0.545. The highest BCUT2D eigenvalue weighted by Crippen LogP contribution is 2.19. The number of hydrogen-bond donors (Lipinski definition) is 2. The van der Waals surface area contributed by atoms with E-state index in [0.29, 0.717) is 6.54 Å². The average molecular weight is 207 g/mol. The predicted molar refractivity (Wildman–Crippen MR) is 61.2 cm³/mol. The van der Waals surface area contributed by atoms with Gasteiger partial charge in [-0.25, -0.2) is 4.98 Å². The molecule has 82 valence electrons. The highest BCUT2D eigenvalue weighted by atomic mass is 16.3. The molecule has 0 bridgehead atoms. The van der Waals surface area contributed by atoms with Gasteiger partial charge in [0.1, 0.15) is 11.6 Å². The van der Waals surface area contributed by atoms with Gasteiger partial charge in [-0.05, 0) is 25.5 Å². The lowest BCUT2D eigenvalue weighted by Crippen LogP contribution is -2.22. The first-order chi connectivity index (χ1) is 7.29. The van der Waals surface area contributed by atoms with Gasteiger partial charge in [0.25, 0.3) is 0 Å². The number of β-amino-alcohol motifs (C(OH)–C–C–N with tert-alkyl or cyclic N) is 1. The summed E-state index contributed by atoms with van der Waals surface area (Å²) >= 11 is 0. The molecule has 1 atom stereocenters. The number of rotatable bonds is 3. The van der Waals surface area contributed by atoms with Crippen molar-refractivity contribution in [1.29, 1.82) is 0 Å². The van der Waals surface area contributed by atoms with Crippen molar-refractivity contribution in [3.05, 3.63) is 18.2 Å². The van der Waals surface area contributed by atoms with Gasteiger partial charge in [-0.15, -0.1) is 0 Å². The predicted octanol–water partition coefficient (Wildman–Crippen LogP) is 1.08. The van der Waals surface area contributed by atoms with E-state index in [9.17, 15) is 5.11 Å². The van der Waals surface area contributed by atoms with Crippen LogP contribution in [-0.4, -0.2) is 35.8 Å². The molecular weight excluding hydrogens is 190 g/mol. The molecule has 15 heavy (non-hydrogen) atoms. The van der Waals surface area contributed by atoms with Gasteiger partial charge in [0.05, 0.1) is 6.10 Å². The van der Waals surface area contributed by atoms with Gasteiger partial charge in [-0.3, -0.25) is 0 Å². The number of nitrogens with one attached hydrogen (secondary N) is 1. The minimum atomic E-state index is -0.199. The number of aromatic nitrogens is 1. The standard InChI is InChI=1S/C11H17N3O/c1-2-12-10-4-3-5-11(13-10)14-7-6-9(15)8-14/h3-5,9,15H,2,6-8H2,1H3,(H,12,13). The van der Waals surface area contributed by atoms with Crippen LogP contribution in [-0.2, 0) is 0 Å². The second-order valence-corrected chi connectivity index (χ2v) is 3.80. The zero-order chi connectivity index (χ0) is 10.7. The molecule has 1 aliphatic heterocycles. The fourth-order valence-electron chi connectivity index (χ4n) is 1.83. The van der Waals surface area contributed by atoms with Crippen molar-refractivity contribution >= 4 is 11.6 Å². The van der Waals surface area contributed by atoms with Gasteiger partial charge in [0, 0.05) is 19.6 Å². The normalized spacial score (nSPS) is 20.7. The summed E-state index contributed by atoms with van der Waals surface area (Å²) < 4.78 is 0. The van der Waals surface area contributed by atoms with E-state index in [1.54, 1.807) is 0 Å². The summed E-state index contributed by atoms with van der Waals surface area (Å²) in [5, 5.41) is 12.6. The van der Waals surface area contributed by atoms with Gasteiger partial charge < -0.3 is 15.3 Å². The summed E-state index contributed by atoms with van der Waals surface area (Å²) in [6, 6.07) is 5.93. The first-order valence-corrected chi connectivity index (χ1v) is 5.43. The maximum atomic E-state index is 9.45. The van der Waals surface area contributed by atoms with Crippen LogP contribution in [0.1, 0.15) is 13.3 Å². The van der Waals surface area contributed by atoms with E-state index in [0.717, 1.165) is 31.1 Å². The summed E-state index contributed by atoms with van der Waals surface area (Å²) in [7, 11) is 0. The molecule has 1 aliphatic rings. The smallest absolute Gasteiger partial charge is 0.131 e. The lowest BCUT2D eigenvalue weighted by Gasteiger charge is -2.17. The van der Waals surface area contributed by atoms with Crippen LogP contribution in [0.25, 0.3) is 0 Å². The summed E-state index contributed by atoms with van der Waals surface area (Å²) in [5.74, 6) is 1.85. The van der Waals surface area contributed by atoms with Crippen molar-refractivity contribution in [3.8, 4) is 0 Å². The van der Waals surface area contributed by atoms with E-state index in [-0.39, 0.29) is 6.10 Å². The van der Waals surface area contributed by atoms with Crippen molar-refractivity contribution in [2.24, 2.45) is 0 Å². The Morgan fingerprint density at radius 3 is 3.13 bits per heavy atom. The van der Waals surface area contributed by atoms with Crippen LogP contribution in [0.15, 0.2) is 18.2 Å². The molecule has 2 N–H and O–H groups in total. The van der Waals surface area contributed by atoms with Gasteiger partial charge >= 0.3 is 0 Å². The van der Waals surface area contributed by atoms with Crippen LogP contribution in [0.3, 0.4) is 0 Å². The maximum absolute atomic E-state index is 9.45. The van der Waals surface area contributed by atoms with E-state index >= 15 is 0 Å². The minimum absolute atomic E-state index is 0.199. The molecule has 4 nitrogen and oxygen atoms in total. The van der Waals surface area contributed by atoms with Crippen LogP contribution >= 0.6 is 0 Å². The molecule has 0 amide bonds. The lowest BCUT2D eigenvalue weighted by atomic mass is 10.3. The van der Waals surface area contributed by atoms with Crippen LogP contribution in [0.2, 0.25) is 0 Å². The van der Waals surface area contributed by atoms with Gasteiger partial charge in [0.15, 0.2) is 0 Å². The molecule has 0 aliphatic carbocycles. The lowest BCUT2D eigenvalue weighted by molar-refractivity contribution is 0.198. The molecule has 1 aromatic heterocycles. The van der Waals surface area contributed by atoms with Crippen molar-refractivity contribution in [2.45, 2.75) is 19.4 Å². The Labute approximate surface area is 89.9 Å². The topological polar surface area (TPSA) is 48.4 Å². The monoisotopic (exact) mass is 207 g/mol. The number of anilines is 2. The van der Waals surface area contributed by atoms with Gasteiger partial charge in [-0.1, -0.05) is 6.07 Å². The van der Waals surface area contributed by atoms with E-state index in [4.69, 9.17) is 0 Å². The summed E-state index contributed by atoms with van der Waals surface area (Å²) in [6.45, 7) is 4.51. The zero-order valence-electron chi connectivity index (χ0n) is 8.98. The Balaban J connectivity index is 2.10. The van der Waals surface area contributed by atoms with E-state index < -0.39 is 0 Å². The molecule has 1 saturated heterocycles. The largest absolute Gasteiger partial charge is 0.391 e. The van der Waals surface area contributed by atoms with Crippen molar-refractivity contribution in [1.82, 2.24) is 4.98 Å². The average Bonchev–Trinajstić information content (AvgIpc) is 2.66. The molecule has 2 heterocycles. The second kappa shape index (κ2) is 4.49. The van der Waals surface area contributed by atoms with Gasteiger partial charge in [0.2, 0.25) is 0 Å². The first kappa shape index (κ1) is 10.2. The third-order valence-electron chi connectivity index (χ3n) is 2.58. The molecule has 4 heteroatoms. The maximum Gasteiger partial charge on any atom is 0.131 e. The number of hydrogen-bond acceptors (Lipinski definition) is 4. The van der Waals surface area contributed by atoms with E-state index in [1.807, 2.05) is 25.1 Å². The third-order valence-corrected chi connectivity index (χ3v) is 2.58. The quantitative estimate of drug-likeness (QED) is 0.778. The molecule has 0 spiro atoms. The molecule has 0 radical (unpaired) electrons. The molecular formula is C11H17N3O. The SMILES string of the molecule is CCNc1cccc(N2CCC(O)C2)n1. The van der Waals surface area contributed by atoms with E-state index in [2.05, 4.69) is 15.2 Å². The molecule has 0 saturated carbocycles. The van der Waals surface area contributed by atoms with Gasteiger partial charge in [-0.2, -0.15) is 0 Å². The van der Waals surface area contributed by atoms with Crippen molar-refractivity contribution in [2.75, 3.05) is 29.9 Å². The Morgan fingerprint density at radius 2 is 2.47 bits per heavy atom. The summed E-state index contributed by atoms with van der Waals surface area (Å²) in [5.41, 5.74) is 0. The molecule has 0 aromatic carbocycles. The number of aliphatic hydroxyl groups is 1. The fourth-order valence-corrected chi connectivity index (χ4v) is 1.83. The molecule has 1 unspecified atom stereocenters. The number of aliphatic hydroxyl groups excluding tert-OH is 1. The molecule has 2 rings (SSSR count). The Bertz CT molecular complexity index is 329. The zero-order valence-corrected chi connectivity index (χ0v) is 8.98. The van der Waals surface area contributed by atoms with Crippen molar-refractivity contribution < 1.29 is 5.11 Å². The first-order valence-electron chi connectivity index (χ1n) is 5.43. The number of nitrogens with zero attached hydrogens (tertiary/aromatic N) is 2. The van der Waals surface area contributed by atoms with Crippen LogP contribution in [0, 0.1) is 0 Å². The molecule has 1 fully saturated rings. The summed E-state index contributed by atoms with van der Waals surface area (Å²) in [6.07, 6.45) is 0.641. The highest BCUT2D eigenvalue weighted by Gasteiger charge is 2.21. The van der Waals surface area contributed by atoms with Crippen LogP contribution in [0.4, 0.5) is 11.6 Å². The van der Waals surface area contributed by atoms with Crippen LogP contribution < -0.4 is 10.2 Å². The summed E-state index contributed by atoms with van der Waals surface area (Å²) in [4.78, 5) is 6.60. The molecule has 1 aromatic rings. The third kappa shape index (κ3) is 2.39.